The molecule has 1 saturated carbocycles. The molecule has 1 aromatic heterocycles. The van der Waals surface area contributed by atoms with Crippen molar-refractivity contribution in [2.75, 3.05) is 4.90 Å². The van der Waals surface area contributed by atoms with Crippen LogP contribution in [0.2, 0.25) is 0 Å². The van der Waals surface area contributed by atoms with E-state index in [0.29, 0.717) is 17.5 Å². The number of halogens is 1. The van der Waals surface area contributed by atoms with Gasteiger partial charge in [0.25, 0.3) is 0 Å². The number of anilines is 1. The molecule has 1 aliphatic heterocycles. The Morgan fingerprint density at radius 1 is 1.12 bits per heavy atom. The summed E-state index contributed by atoms with van der Waals surface area (Å²) in [5, 5.41) is 0. The van der Waals surface area contributed by atoms with E-state index in [1.54, 1.807) is 23.1 Å². The van der Waals surface area contributed by atoms with E-state index in [4.69, 9.17) is 4.37 Å². The van der Waals surface area contributed by atoms with Gasteiger partial charge in [-0.2, -0.15) is 4.37 Å². The lowest BCUT2D eigenvalue weighted by molar-refractivity contribution is 0.0988. The number of allylic oxidation sites excluding steroid dienone is 4. The van der Waals surface area contributed by atoms with Gasteiger partial charge in [0.2, 0.25) is 0 Å². The second kappa shape index (κ2) is 7.48. The summed E-state index contributed by atoms with van der Waals surface area (Å²) >= 11 is 1.47. The number of aromatic nitrogens is 1. The van der Waals surface area contributed by atoms with Crippen LogP contribution in [0.3, 0.4) is 0 Å². The maximum absolute atomic E-state index is 15.3. The summed E-state index contributed by atoms with van der Waals surface area (Å²) in [6.45, 7) is 7.79. The van der Waals surface area contributed by atoms with Gasteiger partial charge >= 0.3 is 0 Å². The number of hydrogen-bond acceptors (Lipinski definition) is 5. The Kier molecular flexibility index (Phi) is 4.97. The van der Waals surface area contributed by atoms with Crippen LogP contribution in [0.1, 0.15) is 81.9 Å². The van der Waals surface area contributed by atoms with Gasteiger partial charge in [0.15, 0.2) is 17.9 Å². The summed E-state index contributed by atoms with van der Waals surface area (Å²) < 4.78 is 20.1. The molecule has 1 unspecified atom stereocenters. The van der Waals surface area contributed by atoms with Gasteiger partial charge in [-0.15, -0.1) is 0 Å². The molecule has 4 nitrogen and oxygen atoms in total. The van der Waals surface area contributed by atoms with E-state index in [1.807, 2.05) is 26.8 Å². The number of carbonyl (C=O) groups is 2. The van der Waals surface area contributed by atoms with E-state index in [-0.39, 0.29) is 22.6 Å². The number of benzene rings is 1. The summed E-state index contributed by atoms with van der Waals surface area (Å²) in [6.07, 6.45) is 6.32. The van der Waals surface area contributed by atoms with E-state index in [2.05, 4.69) is 6.92 Å². The third-order valence-electron chi connectivity index (χ3n) is 7.35. The van der Waals surface area contributed by atoms with Crippen LogP contribution in [0.4, 0.5) is 10.1 Å². The largest absolute Gasteiger partial charge is 0.311 e. The van der Waals surface area contributed by atoms with Crippen molar-refractivity contribution in [1.29, 1.82) is 0 Å². The maximum Gasteiger partial charge on any atom is 0.197 e. The van der Waals surface area contributed by atoms with Gasteiger partial charge in [-0.05, 0) is 86.5 Å². The van der Waals surface area contributed by atoms with Crippen LogP contribution >= 0.6 is 11.5 Å². The fourth-order valence-corrected chi connectivity index (χ4v) is 6.09. The zero-order valence-electron chi connectivity index (χ0n) is 18.9. The van der Waals surface area contributed by atoms with Crippen molar-refractivity contribution in [3.05, 3.63) is 68.4 Å². The molecule has 0 bridgehead atoms. The number of ketones is 2. The average Bonchev–Trinajstić information content (AvgIpc) is 3.35. The Balaban J connectivity index is 1.63. The molecule has 166 valence electrons. The zero-order valence-corrected chi connectivity index (χ0v) is 19.7. The molecular weight excluding hydrogens is 423 g/mol. The number of nitrogens with zero attached hydrogens (tertiary/aromatic N) is 2. The van der Waals surface area contributed by atoms with Crippen LogP contribution in [0.5, 0.6) is 0 Å². The third-order valence-corrected chi connectivity index (χ3v) is 8.32. The summed E-state index contributed by atoms with van der Waals surface area (Å²) in [6, 6.07) is 3.61. The van der Waals surface area contributed by atoms with Crippen molar-refractivity contribution in [2.45, 2.75) is 71.5 Å². The summed E-state index contributed by atoms with van der Waals surface area (Å²) in [7, 11) is 0. The van der Waals surface area contributed by atoms with E-state index < -0.39 is 6.30 Å². The van der Waals surface area contributed by atoms with Crippen molar-refractivity contribution < 1.29 is 14.0 Å². The second-order valence-corrected chi connectivity index (χ2v) is 9.94. The lowest BCUT2D eigenvalue weighted by atomic mass is 9.65. The van der Waals surface area contributed by atoms with Crippen LogP contribution in [-0.4, -0.2) is 22.2 Å². The van der Waals surface area contributed by atoms with Gasteiger partial charge in [0, 0.05) is 21.7 Å². The highest BCUT2D eigenvalue weighted by Gasteiger charge is 2.55. The first-order valence-corrected chi connectivity index (χ1v) is 12.2. The van der Waals surface area contributed by atoms with E-state index in [1.165, 1.54) is 11.5 Å². The minimum atomic E-state index is -1.17. The predicted molar refractivity (Wildman–Crippen MR) is 125 cm³/mol. The molecule has 0 N–H and O–H groups in total. The smallest absolute Gasteiger partial charge is 0.197 e. The quantitative estimate of drug-likeness (QED) is 0.318. The van der Waals surface area contributed by atoms with Crippen molar-refractivity contribution in [3.63, 3.8) is 0 Å². The molecule has 5 rings (SSSR count). The monoisotopic (exact) mass is 450 g/mol. The van der Waals surface area contributed by atoms with Gasteiger partial charge in [0.1, 0.15) is 0 Å². The topological polar surface area (TPSA) is 50.3 Å². The van der Waals surface area contributed by atoms with Crippen LogP contribution < -0.4 is 4.90 Å². The first-order valence-electron chi connectivity index (χ1n) is 11.4. The molecule has 0 amide bonds. The SMILES string of the molecule is CCc1snc2c1N(C(F)CC)/C(=C/C=C1C(=O)c3cc(C)c(C)cc3C1=O)C21CCC1. The van der Waals surface area contributed by atoms with Crippen LogP contribution in [-0.2, 0) is 11.8 Å². The standard InChI is InChI=1S/C26H27FN2O2S/c1-5-19-22-25(28-32-19)26(10-7-11-26)20(29(22)21(27)6-2)9-8-16-23(30)17-12-14(3)15(4)13-18(17)24(16)31/h8-9,12-13,21H,5-7,10-11H2,1-4H3/b20-9+. The highest BCUT2D eigenvalue weighted by atomic mass is 32.1. The minimum Gasteiger partial charge on any atom is -0.311 e. The molecule has 0 radical (unpaired) electrons. The predicted octanol–water partition coefficient (Wildman–Crippen LogP) is 6.16. The Morgan fingerprint density at radius 2 is 1.75 bits per heavy atom. The van der Waals surface area contributed by atoms with E-state index in [9.17, 15) is 9.59 Å². The van der Waals surface area contributed by atoms with E-state index >= 15 is 4.39 Å². The summed E-state index contributed by atoms with van der Waals surface area (Å²) in [5.41, 5.74) is 5.51. The average molecular weight is 451 g/mol. The van der Waals surface area contributed by atoms with Gasteiger partial charge < -0.3 is 4.90 Å². The number of rotatable bonds is 4. The second-order valence-electron chi connectivity index (χ2n) is 9.08. The molecule has 32 heavy (non-hydrogen) atoms. The Hall–Kier alpha value is -2.60. The van der Waals surface area contributed by atoms with Gasteiger partial charge in [-0.3, -0.25) is 9.59 Å². The molecule has 1 aromatic carbocycles. The van der Waals surface area contributed by atoms with Crippen LogP contribution in [0, 0.1) is 13.8 Å². The highest BCUT2D eigenvalue weighted by Crippen LogP contribution is 2.60. The first kappa shape index (κ1) is 21.3. The number of fused-ring (bicyclic) bond motifs is 3. The minimum absolute atomic E-state index is 0.164. The zero-order chi connectivity index (χ0) is 22.8. The molecule has 1 fully saturated rings. The van der Waals surface area contributed by atoms with Gasteiger partial charge in [-0.25, -0.2) is 4.39 Å². The third kappa shape index (κ3) is 2.75. The van der Waals surface area contributed by atoms with Gasteiger partial charge in [-0.1, -0.05) is 20.3 Å². The molecule has 2 aromatic rings. The maximum atomic E-state index is 15.3. The first-order chi connectivity index (χ1) is 15.3. The fraction of sp³-hybridized carbons (Fsp3) is 0.423. The molecular formula is C26H27FN2O2S. The van der Waals surface area contributed by atoms with Crippen molar-refractivity contribution in [1.82, 2.24) is 4.37 Å². The van der Waals surface area contributed by atoms with Crippen LogP contribution in [0.25, 0.3) is 0 Å². The normalized spacial score (nSPS) is 20.7. The summed E-state index contributed by atoms with van der Waals surface area (Å²) in [5.74, 6) is -0.489. The molecule has 3 aliphatic rings. The molecule has 1 atom stereocenters. The van der Waals surface area contributed by atoms with Crippen molar-refractivity contribution >= 4 is 28.8 Å². The fourth-order valence-electron chi connectivity index (χ4n) is 5.22. The molecule has 6 heteroatoms. The van der Waals surface area contributed by atoms with Gasteiger partial charge in [0.05, 0.1) is 22.4 Å². The Morgan fingerprint density at radius 3 is 2.25 bits per heavy atom. The Bertz CT molecular complexity index is 1180. The summed E-state index contributed by atoms with van der Waals surface area (Å²) in [4.78, 5) is 29.0. The number of hydrogen-bond donors (Lipinski definition) is 0. The molecule has 2 heterocycles. The Labute approximate surface area is 192 Å². The van der Waals surface area contributed by atoms with Crippen molar-refractivity contribution in [3.8, 4) is 0 Å². The number of aryl methyl sites for hydroxylation is 3. The van der Waals surface area contributed by atoms with Crippen LogP contribution in [0.15, 0.2) is 35.6 Å². The number of carbonyl (C=O) groups excluding carboxylic acids is 2. The number of alkyl halides is 1. The number of Topliss-reactive ketones (excluding diaryl/α,β-unsaturated/α-hetero) is 2. The molecule has 0 saturated heterocycles. The highest BCUT2D eigenvalue weighted by molar-refractivity contribution is 7.06. The lowest BCUT2D eigenvalue weighted by Gasteiger charge is -2.40. The lowest BCUT2D eigenvalue weighted by Crippen LogP contribution is -2.40. The van der Waals surface area contributed by atoms with E-state index in [0.717, 1.165) is 58.8 Å². The van der Waals surface area contributed by atoms with Crippen molar-refractivity contribution in [2.24, 2.45) is 0 Å². The molecule has 2 aliphatic carbocycles. The molecule has 1 spiro atoms.